The van der Waals surface area contributed by atoms with Gasteiger partial charge in [0.15, 0.2) is 11.5 Å². The van der Waals surface area contributed by atoms with E-state index in [1.807, 2.05) is 20.8 Å². The molecular weight excluding hydrogens is 462 g/mol. The van der Waals surface area contributed by atoms with Gasteiger partial charge in [0.05, 0.1) is 28.5 Å². The first-order valence-electron chi connectivity index (χ1n) is 9.02. The molecule has 0 aliphatic heterocycles. The van der Waals surface area contributed by atoms with E-state index < -0.39 is 0 Å². The molecule has 0 bridgehead atoms. The van der Waals surface area contributed by atoms with Gasteiger partial charge in [-0.3, -0.25) is 10.1 Å². The Kier molecular flexibility index (Phi) is 7.10. The van der Waals surface area contributed by atoms with Crippen molar-refractivity contribution < 1.29 is 23.4 Å². The highest BCUT2D eigenvalue weighted by Gasteiger charge is 2.20. The molecule has 10 heteroatoms. The van der Waals surface area contributed by atoms with E-state index in [-0.39, 0.29) is 17.8 Å². The third-order valence-electron chi connectivity index (χ3n) is 3.60. The van der Waals surface area contributed by atoms with Gasteiger partial charge in [0, 0.05) is 5.56 Å². The molecule has 0 unspecified atom stereocenters. The largest absolute Gasteiger partial charge is 0.490 e. The molecule has 0 spiro atoms. The Bertz CT molecular complexity index is 961. The first kappa shape index (κ1) is 21.1. The van der Waals surface area contributed by atoms with Gasteiger partial charge in [-0.1, -0.05) is 5.10 Å². The van der Waals surface area contributed by atoms with Gasteiger partial charge in [-0.15, -0.1) is 16.4 Å². The van der Waals surface area contributed by atoms with Gasteiger partial charge in [0.2, 0.25) is 11.6 Å². The van der Waals surface area contributed by atoms with Crippen molar-refractivity contribution in [2.45, 2.75) is 20.8 Å². The lowest BCUT2D eigenvalue weighted by Crippen LogP contribution is -2.10. The SMILES string of the molecule is CCOc1cc(-c2nnc(NC(=O)c3ccc(Br)s3)o2)cc(OCC)c1OCC. The number of carbonyl (C=O) groups is 1. The molecule has 1 N–H and O–H groups in total. The number of nitrogens with one attached hydrogen (secondary N) is 1. The topological polar surface area (TPSA) is 95.7 Å². The summed E-state index contributed by atoms with van der Waals surface area (Å²) in [5.74, 6) is 1.45. The zero-order valence-corrected chi connectivity index (χ0v) is 18.6. The first-order valence-corrected chi connectivity index (χ1v) is 10.6. The summed E-state index contributed by atoms with van der Waals surface area (Å²) in [6, 6.07) is 6.98. The molecule has 3 aromatic rings. The van der Waals surface area contributed by atoms with Crippen LogP contribution in [0.2, 0.25) is 0 Å². The number of rotatable bonds is 9. The number of anilines is 1. The smallest absolute Gasteiger partial charge is 0.322 e. The lowest BCUT2D eigenvalue weighted by molar-refractivity contribution is 0.102. The van der Waals surface area contributed by atoms with E-state index in [4.69, 9.17) is 18.6 Å². The minimum absolute atomic E-state index is 0.000623. The van der Waals surface area contributed by atoms with Crippen LogP contribution in [-0.4, -0.2) is 35.9 Å². The van der Waals surface area contributed by atoms with E-state index in [9.17, 15) is 4.79 Å². The Balaban J connectivity index is 1.89. The molecule has 0 aliphatic rings. The molecule has 8 nitrogen and oxygen atoms in total. The van der Waals surface area contributed by atoms with Gasteiger partial charge in [0.1, 0.15) is 0 Å². The van der Waals surface area contributed by atoms with Crippen molar-refractivity contribution in [1.82, 2.24) is 10.2 Å². The maximum atomic E-state index is 12.3. The number of halogens is 1. The van der Waals surface area contributed by atoms with Crippen LogP contribution in [0.5, 0.6) is 17.2 Å². The van der Waals surface area contributed by atoms with Crippen molar-refractivity contribution in [3.05, 3.63) is 32.9 Å². The van der Waals surface area contributed by atoms with E-state index in [1.54, 1.807) is 24.3 Å². The molecule has 0 saturated carbocycles. The van der Waals surface area contributed by atoms with Crippen molar-refractivity contribution >= 4 is 39.2 Å². The number of amides is 1. The van der Waals surface area contributed by atoms with Gasteiger partial charge < -0.3 is 18.6 Å². The predicted octanol–water partition coefficient (Wildman–Crippen LogP) is 5.01. The zero-order chi connectivity index (χ0) is 20.8. The normalized spacial score (nSPS) is 10.6. The number of ether oxygens (including phenoxy) is 3. The molecular formula is C19H20BrN3O5S. The van der Waals surface area contributed by atoms with E-state index in [0.29, 0.717) is 47.5 Å². The van der Waals surface area contributed by atoms with E-state index in [2.05, 4.69) is 31.4 Å². The van der Waals surface area contributed by atoms with Crippen molar-refractivity contribution in [3.8, 4) is 28.7 Å². The van der Waals surface area contributed by atoms with Crippen LogP contribution < -0.4 is 19.5 Å². The lowest BCUT2D eigenvalue weighted by atomic mass is 10.2. The number of thiophene rings is 1. The summed E-state index contributed by atoms with van der Waals surface area (Å²) >= 11 is 4.64. The molecule has 2 heterocycles. The molecule has 0 radical (unpaired) electrons. The molecule has 0 atom stereocenters. The van der Waals surface area contributed by atoms with Crippen molar-refractivity contribution in [2.75, 3.05) is 25.1 Å². The second-order valence-corrected chi connectivity index (χ2v) is 8.03. The van der Waals surface area contributed by atoms with Crippen LogP contribution in [0.1, 0.15) is 30.4 Å². The lowest BCUT2D eigenvalue weighted by Gasteiger charge is -2.16. The Hall–Kier alpha value is -2.59. The quantitative estimate of drug-likeness (QED) is 0.458. The van der Waals surface area contributed by atoms with Crippen LogP contribution in [0.25, 0.3) is 11.5 Å². The third kappa shape index (κ3) is 5.07. The highest BCUT2D eigenvalue weighted by atomic mass is 79.9. The van der Waals surface area contributed by atoms with Crippen LogP contribution in [0, 0.1) is 0 Å². The molecule has 154 valence electrons. The molecule has 1 amide bonds. The van der Waals surface area contributed by atoms with Crippen LogP contribution in [-0.2, 0) is 0 Å². The van der Waals surface area contributed by atoms with Gasteiger partial charge in [-0.05, 0) is 61.0 Å². The van der Waals surface area contributed by atoms with Gasteiger partial charge >= 0.3 is 6.01 Å². The van der Waals surface area contributed by atoms with Crippen LogP contribution in [0.15, 0.2) is 32.5 Å². The number of carbonyl (C=O) groups excluding carboxylic acids is 1. The van der Waals surface area contributed by atoms with E-state index in [0.717, 1.165) is 3.79 Å². The zero-order valence-electron chi connectivity index (χ0n) is 16.2. The minimum atomic E-state index is -0.326. The maximum Gasteiger partial charge on any atom is 0.322 e. The Morgan fingerprint density at radius 1 is 1.07 bits per heavy atom. The van der Waals surface area contributed by atoms with E-state index >= 15 is 0 Å². The van der Waals surface area contributed by atoms with Crippen LogP contribution in [0.3, 0.4) is 0 Å². The van der Waals surface area contributed by atoms with Crippen LogP contribution >= 0.6 is 27.3 Å². The number of hydrogen-bond donors (Lipinski definition) is 1. The van der Waals surface area contributed by atoms with Crippen molar-refractivity contribution in [3.63, 3.8) is 0 Å². The van der Waals surface area contributed by atoms with Crippen LogP contribution in [0.4, 0.5) is 6.01 Å². The van der Waals surface area contributed by atoms with Gasteiger partial charge in [-0.25, -0.2) is 0 Å². The summed E-state index contributed by atoms with van der Waals surface area (Å²) in [4.78, 5) is 12.8. The third-order valence-corrected chi connectivity index (χ3v) is 5.22. The second kappa shape index (κ2) is 9.75. The summed E-state index contributed by atoms with van der Waals surface area (Å²) in [5.41, 5.74) is 0.590. The molecule has 29 heavy (non-hydrogen) atoms. The summed E-state index contributed by atoms with van der Waals surface area (Å²) in [5, 5.41) is 10.5. The Morgan fingerprint density at radius 2 is 1.72 bits per heavy atom. The van der Waals surface area contributed by atoms with E-state index in [1.165, 1.54) is 11.3 Å². The second-order valence-electron chi connectivity index (χ2n) is 5.57. The standard InChI is InChI=1S/C19H20BrN3O5S/c1-4-25-12-9-11(10-13(26-5-2)16(12)27-6-3)18-22-23-19(28-18)21-17(24)14-7-8-15(20)29-14/h7-10H,4-6H2,1-3H3,(H,21,23,24). The molecule has 0 saturated heterocycles. The van der Waals surface area contributed by atoms with Crippen molar-refractivity contribution in [1.29, 1.82) is 0 Å². The Morgan fingerprint density at radius 3 is 2.28 bits per heavy atom. The minimum Gasteiger partial charge on any atom is -0.490 e. The molecule has 0 fully saturated rings. The first-order chi connectivity index (χ1) is 14.0. The number of hydrogen-bond acceptors (Lipinski definition) is 8. The molecule has 2 aromatic heterocycles. The summed E-state index contributed by atoms with van der Waals surface area (Å²) in [6.07, 6.45) is 0. The predicted molar refractivity (Wildman–Crippen MR) is 113 cm³/mol. The fraction of sp³-hybridized carbons (Fsp3) is 0.316. The molecule has 1 aromatic carbocycles. The summed E-state index contributed by atoms with van der Waals surface area (Å²) in [7, 11) is 0. The van der Waals surface area contributed by atoms with Gasteiger partial charge in [-0.2, -0.15) is 0 Å². The average Bonchev–Trinajstić information content (AvgIpc) is 3.33. The highest BCUT2D eigenvalue weighted by Crippen LogP contribution is 2.41. The summed E-state index contributed by atoms with van der Waals surface area (Å²) < 4.78 is 23.6. The highest BCUT2D eigenvalue weighted by molar-refractivity contribution is 9.11. The van der Waals surface area contributed by atoms with Crippen molar-refractivity contribution in [2.24, 2.45) is 0 Å². The molecule has 0 aliphatic carbocycles. The van der Waals surface area contributed by atoms with Gasteiger partial charge in [0.25, 0.3) is 5.91 Å². The summed E-state index contributed by atoms with van der Waals surface area (Å²) in [6.45, 7) is 7.03. The number of aromatic nitrogens is 2. The Labute approximate surface area is 180 Å². The maximum absolute atomic E-state index is 12.3. The monoisotopic (exact) mass is 481 g/mol. The number of benzene rings is 1. The average molecular weight is 482 g/mol. The number of nitrogens with zero attached hydrogens (tertiary/aromatic N) is 2. The molecule has 3 rings (SSSR count). The fourth-order valence-electron chi connectivity index (χ4n) is 2.50. The fourth-order valence-corrected chi connectivity index (χ4v) is 3.78.